The molecule has 0 heterocycles. The summed E-state index contributed by atoms with van der Waals surface area (Å²) in [6.07, 6.45) is -10.6. The maximum absolute atomic E-state index is 12.6. The molecule has 1 rings (SSSR count). The third kappa shape index (κ3) is 4.40. The van der Waals surface area contributed by atoms with E-state index in [2.05, 4.69) is 5.10 Å². The minimum absolute atomic E-state index is 0.488. The smallest absolute Gasteiger partial charge is 0.200 e. The number of sulfonamides is 1. The Hall–Kier alpha value is -1.78. The van der Waals surface area contributed by atoms with Crippen LogP contribution in [0.25, 0.3) is 0 Å². The van der Waals surface area contributed by atoms with Gasteiger partial charge in [0.2, 0.25) is 0 Å². The molecule has 0 spiro atoms. The first kappa shape index (κ1) is 16.3. The van der Waals surface area contributed by atoms with Crippen LogP contribution < -0.4 is 4.83 Å². The van der Waals surface area contributed by atoms with Crippen LogP contribution >= 0.6 is 0 Å². The van der Waals surface area contributed by atoms with E-state index < -0.39 is 39.0 Å². The highest BCUT2D eigenvalue weighted by Crippen LogP contribution is 2.33. The summed E-state index contributed by atoms with van der Waals surface area (Å²) in [5, 5.41) is 2.36. The van der Waals surface area contributed by atoms with Crippen molar-refractivity contribution in [2.24, 2.45) is 5.10 Å². The van der Waals surface area contributed by atoms with E-state index in [1.807, 2.05) is 0 Å². The SMILES string of the molecule is O=S(=O)(N/N=C/C(F)(F)F)c1ccccc1C(F)(F)F. The van der Waals surface area contributed by atoms with Gasteiger partial charge < -0.3 is 0 Å². The number of alkyl halides is 6. The number of benzene rings is 1. The van der Waals surface area contributed by atoms with Crippen molar-refractivity contribution in [1.29, 1.82) is 0 Å². The maximum Gasteiger partial charge on any atom is 0.428 e. The fourth-order valence-corrected chi connectivity index (χ4v) is 2.17. The molecule has 0 saturated carbocycles. The minimum Gasteiger partial charge on any atom is -0.200 e. The summed E-state index contributed by atoms with van der Waals surface area (Å²) in [6.45, 7) is 0. The normalized spacial score (nSPS) is 13.7. The highest BCUT2D eigenvalue weighted by molar-refractivity contribution is 7.89. The number of hydrogen-bond acceptors (Lipinski definition) is 3. The van der Waals surface area contributed by atoms with E-state index in [1.165, 1.54) is 0 Å². The molecule has 0 unspecified atom stereocenters. The lowest BCUT2D eigenvalue weighted by molar-refractivity contribution is -0.139. The predicted molar refractivity (Wildman–Crippen MR) is 56.3 cm³/mol. The molecule has 0 aliphatic carbocycles. The molecule has 0 radical (unpaired) electrons. The van der Waals surface area contributed by atoms with Crippen molar-refractivity contribution in [3.63, 3.8) is 0 Å². The van der Waals surface area contributed by atoms with Gasteiger partial charge in [-0.2, -0.15) is 39.9 Å². The van der Waals surface area contributed by atoms with Crippen LogP contribution in [-0.4, -0.2) is 20.8 Å². The second kappa shape index (κ2) is 5.31. The van der Waals surface area contributed by atoms with Gasteiger partial charge in [-0.05, 0) is 12.1 Å². The van der Waals surface area contributed by atoms with Crippen LogP contribution in [0.3, 0.4) is 0 Å². The van der Waals surface area contributed by atoms with Gasteiger partial charge >= 0.3 is 12.4 Å². The Balaban J connectivity index is 3.15. The summed E-state index contributed by atoms with van der Waals surface area (Å²) in [4.78, 5) is -0.150. The van der Waals surface area contributed by atoms with Gasteiger partial charge in [-0.25, -0.2) is 4.83 Å². The van der Waals surface area contributed by atoms with Gasteiger partial charge in [0, 0.05) is 0 Å². The summed E-state index contributed by atoms with van der Waals surface area (Å²) in [7, 11) is -4.86. The highest BCUT2D eigenvalue weighted by atomic mass is 32.2. The number of halogens is 6. The van der Waals surface area contributed by atoms with E-state index in [0.717, 1.165) is 17.0 Å². The fraction of sp³-hybridized carbons (Fsp3) is 0.222. The van der Waals surface area contributed by atoms with E-state index in [-0.39, 0.29) is 0 Å². The van der Waals surface area contributed by atoms with Crippen molar-refractivity contribution in [3.05, 3.63) is 29.8 Å². The van der Waals surface area contributed by atoms with Gasteiger partial charge in [-0.15, -0.1) is 0 Å². The molecule has 0 aliphatic rings. The summed E-state index contributed by atoms with van der Waals surface area (Å²) >= 11 is 0. The molecule has 1 N–H and O–H groups in total. The molecule has 20 heavy (non-hydrogen) atoms. The number of nitrogens with zero attached hydrogens (tertiary/aromatic N) is 1. The molecule has 0 amide bonds. The molecule has 4 nitrogen and oxygen atoms in total. The molecule has 0 atom stereocenters. The molecule has 0 saturated heterocycles. The lowest BCUT2D eigenvalue weighted by atomic mass is 10.2. The Morgan fingerprint density at radius 2 is 1.60 bits per heavy atom. The van der Waals surface area contributed by atoms with E-state index in [4.69, 9.17) is 0 Å². The van der Waals surface area contributed by atoms with Gasteiger partial charge in [-0.3, -0.25) is 0 Å². The average Bonchev–Trinajstić information content (AvgIpc) is 2.25. The zero-order chi connectivity index (χ0) is 15.6. The Kier molecular flexibility index (Phi) is 4.32. The summed E-state index contributed by atoms with van der Waals surface area (Å²) in [5.74, 6) is 0. The molecular weight excluding hydrogens is 314 g/mol. The lowest BCUT2D eigenvalue weighted by Crippen LogP contribution is -2.24. The number of nitrogens with one attached hydrogen (secondary N) is 1. The van der Waals surface area contributed by atoms with Crippen LogP contribution in [0, 0.1) is 0 Å². The van der Waals surface area contributed by atoms with E-state index >= 15 is 0 Å². The van der Waals surface area contributed by atoms with Crippen LogP contribution in [-0.2, 0) is 16.2 Å². The largest absolute Gasteiger partial charge is 0.428 e. The Labute approximate surface area is 109 Å². The molecule has 1 aromatic carbocycles. The van der Waals surface area contributed by atoms with Crippen molar-refractivity contribution in [3.8, 4) is 0 Å². The van der Waals surface area contributed by atoms with Gasteiger partial charge in [0.1, 0.15) is 11.1 Å². The van der Waals surface area contributed by atoms with Crippen LogP contribution in [0.4, 0.5) is 26.3 Å². The van der Waals surface area contributed by atoms with Crippen LogP contribution in [0.2, 0.25) is 0 Å². The molecule has 0 bridgehead atoms. The van der Waals surface area contributed by atoms with E-state index in [0.29, 0.717) is 12.1 Å². The average molecular weight is 320 g/mol. The Morgan fingerprint density at radius 3 is 2.10 bits per heavy atom. The predicted octanol–water partition coefficient (Wildman–Crippen LogP) is 2.53. The van der Waals surface area contributed by atoms with Crippen LogP contribution in [0.1, 0.15) is 5.56 Å². The van der Waals surface area contributed by atoms with Crippen LogP contribution in [0.5, 0.6) is 0 Å². The fourth-order valence-electron chi connectivity index (χ4n) is 1.15. The zero-order valence-electron chi connectivity index (χ0n) is 9.33. The van der Waals surface area contributed by atoms with Crippen LogP contribution in [0.15, 0.2) is 34.3 Å². The molecular formula is C9H6F6N2O2S. The Bertz CT molecular complexity index is 606. The first-order chi connectivity index (χ1) is 8.93. The summed E-state index contributed by atoms with van der Waals surface area (Å²) in [5.41, 5.74) is -1.50. The highest BCUT2D eigenvalue weighted by Gasteiger charge is 2.37. The monoisotopic (exact) mass is 320 g/mol. The first-order valence-electron chi connectivity index (χ1n) is 4.72. The van der Waals surface area contributed by atoms with Gasteiger partial charge in [0.05, 0.1) is 5.56 Å². The lowest BCUT2D eigenvalue weighted by Gasteiger charge is -2.12. The third-order valence-corrected chi connectivity index (χ3v) is 3.15. The van der Waals surface area contributed by atoms with Gasteiger partial charge in [-0.1, -0.05) is 12.1 Å². The van der Waals surface area contributed by atoms with Crippen molar-refractivity contribution in [2.45, 2.75) is 17.2 Å². The van der Waals surface area contributed by atoms with E-state index in [1.54, 1.807) is 0 Å². The molecule has 1 aromatic rings. The van der Waals surface area contributed by atoms with Gasteiger partial charge in [0.15, 0.2) is 0 Å². The molecule has 0 aromatic heterocycles. The molecule has 0 aliphatic heterocycles. The minimum atomic E-state index is -4.97. The van der Waals surface area contributed by atoms with E-state index in [9.17, 15) is 34.8 Å². The second-order valence-corrected chi connectivity index (χ2v) is 5.02. The second-order valence-electron chi connectivity index (χ2n) is 3.39. The molecule has 11 heteroatoms. The number of hydrazone groups is 1. The number of hydrogen-bond donors (Lipinski definition) is 1. The zero-order valence-corrected chi connectivity index (χ0v) is 10.1. The van der Waals surface area contributed by atoms with Crippen molar-refractivity contribution in [1.82, 2.24) is 4.83 Å². The third-order valence-electron chi connectivity index (χ3n) is 1.87. The maximum atomic E-state index is 12.6. The van der Waals surface area contributed by atoms with Crippen molar-refractivity contribution in [2.75, 3.05) is 0 Å². The molecule has 0 fully saturated rings. The standard InChI is InChI=1S/C9H6F6N2O2S/c10-8(11,12)5-16-17-20(18,19)7-4-2-1-3-6(7)9(13,14)15/h1-5,17H/b16-5+. The molecule has 112 valence electrons. The quantitative estimate of drug-likeness (QED) is 0.528. The summed E-state index contributed by atoms with van der Waals surface area (Å²) in [6, 6.07) is 3.04. The number of rotatable bonds is 3. The van der Waals surface area contributed by atoms with Gasteiger partial charge in [0.25, 0.3) is 10.0 Å². The topological polar surface area (TPSA) is 58.5 Å². The van der Waals surface area contributed by atoms with Crippen molar-refractivity contribution >= 4 is 16.2 Å². The summed E-state index contributed by atoms with van der Waals surface area (Å²) < 4.78 is 95.9. The van der Waals surface area contributed by atoms with Crippen molar-refractivity contribution < 1.29 is 34.8 Å². The Morgan fingerprint density at radius 1 is 1.05 bits per heavy atom. The first-order valence-corrected chi connectivity index (χ1v) is 6.21.